The molecule has 0 saturated heterocycles. The Morgan fingerprint density at radius 1 is 1.18 bits per heavy atom. The highest BCUT2D eigenvalue weighted by Gasteiger charge is 2.15. The summed E-state index contributed by atoms with van der Waals surface area (Å²) in [5.41, 5.74) is 2.69. The Kier molecular flexibility index (Phi) is 5.66. The molecule has 0 heterocycles. The second-order valence-electron chi connectivity index (χ2n) is 4.93. The molecule has 1 N–H and O–H groups in total. The maximum Gasteiger partial charge on any atom is 0.0446 e. The second kappa shape index (κ2) is 6.77. The van der Waals surface area contributed by atoms with E-state index in [0.29, 0.717) is 12.1 Å². The van der Waals surface area contributed by atoms with E-state index in [9.17, 15) is 0 Å². The molecule has 0 spiro atoms. The number of aryl methyl sites for hydroxylation is 1. The van der Waals surface area contributed by atoms with Crippen LogP contribution in [-0.4, -0.2) is 31.1 Å². The van der Waals surface area contributed by atoms with E-state index in [1.807, 2.05) is 7.05 Å². The minimum atomic E-state index is 0.415. The SMILES string of the molecule is CCN(CC(NC)c1ccc(C)cc1)C(C)C. The molecule has 0 fully saturated rings. The maximum atomic E-state index is 3.42. The van der Waals surface area contributed by atoms with Crippen molar-refractivity contribution in [3.63, 3.8) is 0 Å². The Balaban J connectivity index is 2.74. The summed E-state index contributed by atoms with van der Waals surface area (Å²) in [4.78, 5) is 2.49. The number of benzene rings is 1. The number of hydrogen-bond donors (Lipinski definition) is 1. The first-order valence-corrected chi connectivity index (χ1v) is 6.56. The largest absolute Gasteiger partial charge is 0.312 e. The third-order valence-corrected chi connectivity index (χ3v) is 3.38. The predicted molar refractivity (Wildman–Crippen MR) is 75.4 cm³/mol. The van der Waals surface area contributed by atoms with Crippen LogP contribution in [0.2, 0.25) is 0 Å². The number of nitrogens with zero attached hydrogens (tertiary/aromatic N) is 1. The average Bonchev–Trinajstić information content (AvgIpc) is 2.32. The van der Waals surface area contributed by atoms with Gasteiger partial charge in [-0.2, -0.15) is 0 Å². The van der Waals surface area contributed by atoms with Gasteiger partial charge in [-0.05, 0) is 39.9 Å². The summed E-state index contributed by atoms with van der Waals surface area (Å²) in [5, 5.41) is 3.42. The summed E-state index contributed by atoms with van der Waals surface area (Å²) >= 11 is 0. The smallest absolute Gasteiger partial charge is 0.0446 e. The minimum absolute atomic E-state index is 0.415. The average molecular weight is 234 g/mol. The number of likely N-dealkylation sites (N-methyl/N-ethyl adjacent to an activating group) is 2. The highest BCUT2D eigenvalue weighted by molar-refractivity contribution is 5.24. The number of rotatable bonds is 6. The monoisotopic (exact) mass is 234 g/mol. The third kappa shape index (κ3) is 4.14. The molecule has 0 aliphatic carbocycles. The van der Waals surface area contributed by atoms with Gasteiger partial charge in [0.2, 0.25) is 0 Å². The Labute approximate surface area is 106 Å². The molecule has 2 nitrogen and oxygen atoms in total. The molecule has 0 aliphatic rings. The minimum Gasteiger partial charge on any atom is -0.312 e. The standard InChI is InChI=1S/C15H26N2/c1-6-17(12(2)3)11-15(16-5)14-9-7-13(4)8-10-14/h7-10,12,15-16H,6,11H2,1-5H3. The van der Waals surface area contributed by atoms with Crippen molar-refractivity contribution in [2.45, 2.75) is 39.8 Å². The van der Waals surface area contributed by atoms with Gasteiger partial charge in [0.25, 0.3) is 0 Å². The zero-order chi connectivity index (χ0) is 12.8. The van der Waals surface area contributed by atoms with E-state index in [1.54, 1.807) is 0 Å². The van der Waals surface area contributed by atoms with Gasteiger partial charge >= 0.3 is 0 Å². The lowest BCUT2D eigenvalue weighted by Gasteiger charge is -2.29. The Bertz CT molecular complexity index is 316. The summed E-state index contributed by atoms with van der Waals surface area (Å²) in [7, 11) is 2.04. The molecule has 17 heavy (non-hydrogen) atoms. The Hall–Kier alpha value is -0.860. The molecule has 1 aromatic rings. The van der Waals surface area contributed by atoms with Crippen LogP contribution in [0, 0.1) is 6.92 Å². The van der Waals surface area contributed by atoms with E-state index in [-0.39, 0.29) is 0 Å². The summed E-state index contributed by atoms with van der Waals surface area (Å²) in [6.07, 6.45) is 0. The van der Waals surface area contributed by atoms with Crippen molar-refractivity contribution in [2.24, 2.45) is 0 Å². The molecule has 1 aromatic carbocycles. The maximum absolute atomic E-state index is 3.42. The lowest BCUT2D eigenvalue weighted by atomic mass is 10.0. The molecule has 2 heteroatoms. The van der Waals surface area contributed by atoms with Gasteiger partial charge in [0.05, 0.1) is 0 Å². The highest BCUT2D eigenvalue weighted by Crippen LogP contribution is 2.16. The summed E-state index contributed by atoms with van der Waals surface area (Å²) in [6.45, 7) is 11.0. The fourth-order valence-electron chi connectivity index (χ4n) is 2.10. The fourth-order valence-corrected chi connectivity index (χ4v) is 2.10. The molecular formula is C15H26N2. The van der Waals surface area contributed by atoms with E-state index >= 15 is 0 Å². The number of nitrogens with one attached hydrogen (secondary N) is 1. The topological polar surface area (TPSA) is 15.3 Å². The van der Waals surface area contributed by atoms with E-state index in [2.05, 4.69) is 62.2 Å². The molecule has 0 saturated carbocycles. The van der Waals surface area contributed by atoms with Crippen molar-refractivity contribution in [1.29, 1.82) is 0 Å². The van der Waals surface area contributed by atoms with Gasteiger partial charge in [-0.1, -0.05) is 36.8 Å². The van der Waals surface area contributed by atoms with Crippen LogP contribution in [0.4, 0.5) is 0 Å². The van der Waals surface area contributed by atoms with Crippen molar-refractivity contribution < 1.29 is 0 Å². The van der Waals surface area contributed by atoms with Crippen LogP contribution < -0.4 is 5.32 Å². The lowest BCUT2D eigenvalue weighted by molar-refractivity contribution is 0.210. The van der Waals surface area contributed by atoms with E-state index in [4.69, 9.17) is 0 Å². The van der Waals surface area contributed by atoms with E-state index in [0.717, 1.165) is 13.1 Å². The van der Waals surface area contributed by atoms with Gasteiger partial charge in [0.1, 0.15) is 0 Å². The van der Waals surface area contributed by atoms with E-state index < -0.39 is 0 Å². The summed E-state index contributed by atoms with van der Waals surface area (Å²) in [6, 6.07) is 9.84. The number of hydrogen-bond acceptors (Lipinski definition) is 2. The molecular weight excluding hydrogens is 208 g/mol. The quantitative estimate of drug-likeness (QED) is 0.814. The van der Waals surface area contributed by atoms with Crippen LogP contribution in [-0.2, 0) is 0 Å². The first-order valence-electron chi connectivity index (χ1n) is 6.56. The van der Waals surface area contributed by atoms with Gasteiger partial charge in [-0.3, -0.25) is 4.90 Å². The van der Waals surface area contributed by atoms with Crippen molar-refractivity contribution in [2.75, 3.05) is 20.1 Å². The zero-order valence-corrected chi connectivity index (χ0v) is 11.8. The Morgan fingerprint density at radius 2 is 1.76 bits per heavy atom. The van der Waals surface area contributed by atoms with Crippen LogP contribution in [0.25, 0.3) is 0 Å². The second-order valence-corrected chi connectivity index (χ2v) is 4.93. The summed E-state index contributed by atoms with van der Waals surface area (Å²) in [5.74, 6) is 0. The van der Waals surface area contributed by atoms with Crippen molar-refractivity contribution >= 4 is 0 Å². The molecule has 0 aliphatic heterocycles. The van der Waals surface area contributed by atoms with Gasteiger partial charge in [-0.15, -0.1) is 0 Å². The zero-order valence-electron chi connectivity index (χ0n) is 11.8. The summed E-state index contributed by atoms with van der Waals surface area (Å²) < 4.78 is 0. The molecule has 1 rings (SSSR count). The van der Waals surface area contributed by atoms with Crippen molar-refractivity contribution in [1.82, 2.24) is 10.2 Å². The van der Waals surface area contributed by atoms with Crippen LogP contribution in [0.5, 0.6) is 0 Å². The first kappa shape index (κ1) is 14.2. The molecule has 1 unspecified atom stereocenters. The lowest BCUT2D eigenvalue weighted by Crippen LogP contribution is -2.38. The normalized spacial score (nSPS) is 13.4. The van der Waals surface area contributed by atoms with Gasteiger partial charge in [0.15, 0.2) is 0 Å². The molecule has 0 radical (unpaired) electrons. The van der Waals surface area contributed by atoms with Crippen molar-refractivity contribution in [3.05, 3.63) is 35.4 Å². The van der Waals surface area contributed by atoms with Crippen molar-refractivity contribution in [3.8, 4) is 0 Å². The highest BCUT2D eigenvalue weighted by atomic mass is 15.2. The van der Waals surface area contributed by atoms with Crippen LogP contribution in [0.15, 0.2) is 24.3 Å². The molecule has 0 amide bonds. The molecule has 1 atom stereocenters. The Morgan fingerprint density at radius 3 is 2.18 bits per heavy atom. The van der Waals surface area contributed by atoms with Gasteiger partial charge in [-0.25, -0.2) is 0 Å². The molecule has 96 valence electrons. The molecule has 0 bridgehead atoms. The van der Waals surface area contributed by atoms with Crippen LogP contribution in [0.3, 0.4) is 0 Å². The fraction of sp³-hybridized carbons (Fsp3) is 0.600. The van der Waals surface area contributed by atoms with Crippen LogP contribution in [0.1, 0.15) is 37.9 Å². The third-order valence-electron chi connectivity index (χ3n) is 3.38. The predicted octanol–water partition coefficient (Wildman–Crippen LogP) is 2.99. The van der Waals surface area contributed by atoms with E-state index in [1.165, 1.54) is 11.1 Å². The first-order chi connectivity index (χ1) is 8.08. The molecule has 0 aromatic heterocycles. The van der Waals surface area contributed by atoms with Gasteiger partial charge < -0.3 is 5.32 Å². The van der Waals surface area contributed by atoms with Gasteiger partial charge in [0, 0.05) is 18.6 Å². The van der Waals surface area contributed by atoms with Crippen LogP contribution >= 0.6 is 0 Å².